The van der Waals surface area contributed by atoms with Crippen LogP contribution in [0.15, 0.2) is 0 Å². The van der Waals surface area contributed by atoms with Gasteiger partial charge in [-0.15, -0.1) is 0 Å². The van der Waals surface area contributed by atoms with Gasteiger partial charge in [-0.3, -0.25) is 4.90 Å². The lowest BCUT2D eigenvalue weighted by Gasteiger charge is -2.32. The third kappa shape index (κ3) is 3.48. The molecule has 1 saturated carbocycles. The Morgan fingerprint density at radius 1 is 1.53 bits per heavy atom. The summed E-state index contributed by atoms with van der Waals surface area (Å²) in [6, 6.07) is 2.98. The molecule has 0 radical (unpaired) electrons. The minimum Gasteiger partial charge on any atom is -0.383 e. The second-order valence-electron chi connectivity index (χ2n) is 4.36. The first-order valence-corrected chi connectivity index (χ1v) is 5.88. The zero-order valence-electron chi connectivity index (χ0n) is 10.1. The minimum atomic E-state index is 0.0516. The van der Waals surface area contributed by atoms with E-state index in [9.17, 15) is 0 Å². The van der Waals surface area contributed by atoms with E-state index in [4.69, 9.17) is 10.00 Å². The zero-order valence-corrected chi connectivity index (χ0v) is 10.1. The average Bonchev–Trinajstić information content (AvgIpc) is 3.07. The third-order valence-electron chi connectivity index (χ3n) is 3.32. The topological polar surface area (TPSA) is 36.3 Å². The van der Waals surface area contributed by atoms with E-state index in [1.165, 1.54) is 12.8 Å². The van der Waals surface area contributed by atoms with Crippen molar-refractivity contribution in [2.75, 3.05) is 20.3 Å². The van der Waals surface area contributed by atoms with Crippen molar-refractivity contribution in [2.24, 2.45) is 5.92 Å². The average molecular weight is 210 g/mol. The van der Waals surface area contributed by atoms with Gasteiger partial charge < -0.3 is 4.74 Å². The molecular formula is C12H22N2O. The van der Waals surface area contributed by atoms with Crippen LogP contribution in [0, 0.1) is 17.2 Å². The highest BCUT2D eigenvalue weighted by Crippen LogP contribution is 2.35. The van der Waals surface area contributed by atoms with Gasteiger partial charge in [-0.1, -0.05) is 6.92 Å². The predicted octanol–water partition coefficient (Wildman–Crippen LogP) is 2.04. The molecule has 86 valence electrons. The SMILES string of the molecule is CCC(C#N)N(CCOC)C(C)C1CC1. The predicted molar refractivity (Wildman–Crippen MR) is 60.5 cm³/mol. The van der Waals surface area contributed by atoms with Crippen molar-refractivity contribution in [3.8, 4) is 6.07 Å². The number of ether oxygens (including phenoxy) is 1. The Morgan fingerprint density at radius 2 is 2.20 bits per heavy atom. The van der Waals surface area contributed by atoms with Gasteiger partial charge in [-0.05, 0) is 32.1 Å². The van der Waals surface area contributed by atoms with Crippen molar-refractivity contribution in [3.05, 3.63) is 0 Å². The van der Waals surface area contributed by atoms with Crippen molar-refractivity contribution < 1.29 is 4.74 Å². The van der Waals surface area contributed by atoms with Gasteiger partial charge in [0.1, 0.15) is 0 Å². The van der Waals surface area contributed by atoms with Crippen LogP contribution in [0.2, 0.25) is 0 Å². The van der Waals surface area contributed by atoms with Crippen LogP contribution < -0.4 is 0 Å². The largest absolute Gasteiger partial charge is 0.383 e. The smallest absolute Gasteiger partial charge is 0.0978 e. The standard InChI is InChI=1S/C12H22N2O/c1-4-12(9-13)14(7-8-15-3)10(2)11-5-6-11/h10-12H,4-8H2,1-3H3. The highest BCUT2D eigenvalue weighted by Gasteiger charge is 2.34. The molecule has 0 amide bonds. The molecule has 2 atom stereocenters. The molecule has 15 heavy (non-hydrogen) atoms. The van der Waals surface area contributed by atoms with E-state index < -0.39 is 0 Å². The van der Waals surface area contributed by atoms with Crippen molar-refractivity contribution in [3.63, 3.8) is 0 Å². The van der Waals surface area contributed by atoms with Gasteiger partial charge in [-0.2, -0.15) is 5.26 Å². The number of rotatable bonds is 7. The number of methoxy groups -OCH3 is 1. The van der Waals surface area contributed by atoms with Crippen LogP contribution in [-0.4, -0.2) is 37.2 Å². The second kappa shape index (κ2) is 6.09. The van der Waals surface area contributed by atoms with E-state index in [1.54, 1.807) is 7.11 Å². The Hall–Kier alpha value is -0.590. The lowest BCUT2D eigenvalue weighted by Crippen LogP contribution is -2.43. The zero-order chi connectivity index (χ0) is 11.3. The summed E-state index contributed by atoms with van der Waals surface area (Å²) >= 11 is 0. The summed E-state index contributed by atoms with van der Waals surface area (Å²) in [4.78, 5) is 2.31. The molecule has 0 aromatic carbocycles. The summed E-state index contributed by atoms with van der Waals surface area (Å²) in [6.45, 7) is 5.91. The monoisotopic (exact) mass is 210 g/mol. The van der Waals surface area contributed by atoms with Gasteiger partial charge in [-0.25, -0.2) is 0 Å². The van der Waals surface area contributed by atoms with Crippen LogP contribution in [0.4, 0.5) is 0 Å². The fourth-order valence-corrected chi connectivity index (χ4v) is 2.09. The Kier molecular flexibility index (Phi) is 5.07. The molecule has 0 saturated heterocycles. The lowest BCUT2D eigenvalue weighted by molar-refractivity contribution is 0.0975. The second-order valence-corrected chi connectivity index (χ2v) is 4.36. The first-order chi connectivity index (χ1) is 7.24. The molecule has 1 fully saturated rings. The normalized spacial score (nSPS) is 19.9. The fraction of sp³-hybridized carbons (Fsp3) is 0.917. The molecule has 1 aliphatic rings. The Morgan fingerprint density at radius 3 is 2.60 bits per heavy atom. The molecule has 1 aliphatic carbocycles. The van der Waals surface area contributed by atoms with Crippen LogP contribution in [0.25, 0.3) is 0 Å². The van der Waals surface area contributed by atoms with E-state index >= 15 is 0 Å². The van der Waals surface area contributed by atoms with Gasteiger partial charge in [0.15, 0.2) is 0 Å². The summed E-state index contributed by atoms with van der Waals surface area (Å²) in [6.07, 6.45) is 3.55. The Labute approximate surface area is 93.0 Å². The van der Waals surface area contributed by atoms with E-state index in [0.717, 1.165) is 25.5 Å². The van der Waals surface area contributed by atoms with Gasteiger partial charge >= 0.3 is 0 Å². The first-order valence-electron chi connectivity index (χ1n) is 5.88. The molecular weight excluding hydrogens is 188 g/mol. The van der Waals surface area contributed by atoms with E-state index in [0.29, 0.717) is 6.04 Å². The van der Waals surface area contributed by atoms with Crippen molar-refractivity contribution in [1.29, 1.82) is 5.26 Å². The van der Waals surface area contributed by atoms with Crippen LogP contribution >= 0.6 is 0 Å². The van der Waals surface area contributed by atoms with Gasteiger partial charge in [0.2, 0.25) is 0 Å². The summed E-state index contributed by atoms with van der Waals surface area (Å²) in [5, 5.41) is 9.11. The number of hydrogen-bond donors (Lipinski definition) is 0. The van der Waals surface area contributed by atoms with Crippen LogP contribution in [0.5, 0.6) is 0 Å². The van der Waals surface area contributed by atoms with E-state index in [-0.39, 0.29) is 6.04 Å². The molecule has 0 spiro atoms. The molecule has 3 heteroatoms. The third-order valence-corrected chi connectivity index (χ3v) is 3.32. The summed E-state index contributed by atoms with van der Waals surface area (Å²) in [5.41, 5.74) is 0. The number of nitriles is 1. The molecule has 1 rings (SSSR count). The molecule has 0 N–H and O–H groups in total. The number of hydrogen-bond acceptors (Lipinski definition) is 3. The summed E-state index contributed by atoms with van der Waals surface area (Å²) < 4.78 is 5.11. The summed E-state index contributed by atoms with van der Waals surface area (Å²) in [7, 11) is 1.72. The Bertz CT molecular complexity index is 220. The summed E-state index contributed by atoms with van der Waals surface area (Å²) in [5.74, 6) is 0.809. The van der Waals surface area contributed by atoms with Crippen LogP contribution in [0.3, 0.4) is 0 Å². The molecule has 2 unspecified atom stereocenters. The molecule has 0 aromatic rings. The van der Waals surface area contributed by atoms with Crippen molar-refractivity contribution in [1.82, 2.24) is 4.90 Å². The Balaban J connectivity index is 2.54. The van der Waals surface area contributed by atoms with Crippen LogP contribution in [0.1, 0.15) is 33.1 Å². The van der Waals surface area contributed by atoms with Crippen molar-refractivity contribution in [2.45, 2.75) is 45.2 Å². The fourth-order valence-electron chi connectivity index (χ4n) is 2.09. The van der Waals surface area contributed by atoms with Gasteiger partial charge in [0.05, 0.1) is 18.7 Å². The molecule has 0 heterocycles. The molecule has 0 aromatic heterocycles. The highest BCUT2D eigenvalue weighted by atomic mass is 16.5. The van der Waals surface area contributed by atoms with Crippen LogP contribution in [-0.2, 0) is 4.74 Å². The van der Waals surface area contributed by atoms with Gasteiger partial charge in [0.25, 0.3) is 0 Å². The molecule has 3 nitrogen and oxygen atoms in total. The highest BCUT2D eigenvalue weighted by molar-refractivity contribution is 4.96. The molecule has 0 aliphatic heterocycles. The first kappa shape index (κ1) is 12.5. The maximum atomic E-state index is 9.11. The maximum Gasteiger partial charge on any atom is 0.0978 e. The lowest BCUT2D eigenvalue weighted by atomic mass is 10.1. The minimum absolute atomic E-state index is 0.0516. The maximum absolute atomic E-state index is 9.11. The number of nitrogens with zero attached hydrogens (tertiary/aromatic N) is 2. The quantitative estimate of drug-likeness (QED) is 0.645. The van der Waals surface area contributed by atoms with E-state index in [2.05, 4.69) is 24.8 Å². The molecule has 0 bridgehead atoms. The van der Waals surface area contributed by atoms with Gasteiger partial charge in [0, 0.05) is 19.7 Å². The van der Waals surface area contributed by atoms with E-state index in [1.807, 2.05) is 0 Å². The van der Waals surface area contributed by atoms with Crippen molar-refractivity contribution >= 4 is 0 Å².